The number of aliphatic hydroxyl groups is 1. The van der Waals surface area contributed by atoms with Crippen LogP contribution in [0.5, 0.6) is 0 Å². The van der Waals surface area contributed by atoms with Crippen LogP contribution in [0.2, 0.25) is 0 Å². The maximum atomic E-state index is 12.7. The lowest BCUT2D eigenvalue weighted by atomic mass is 10.2. The van der Waals surface area contributed by atoms with Gasteiger partial charge in [0.1, 0.15) is 11.5 Å². The Bertz CT molecular complexity index is 361. The Morgan fingerprint density at radius 2 is 2.15 bits per heavy atom. The molecule has 6 heteroatoms. The van der Waals surface area contributed by atoms with E-state index in [0.29, 0.717) is 6.07 Å². The Balaban J connectivity index is 3.29. The van der Waals surface area contributed by atoms with Crippen LogP contribution in [0.3, 0.4) is 0 Å². The maximum Gasteiger partial charge on any atom is 0.281 e. The molecule has 0 aromatic carbocycles. The highest BCUT2D eigenvalue weighted by molar-refractivity contribution is 5.16. The van der Waals surface area contributed by atoms with Gasteiger partial charge in [0.15, 0.2) is 0 Å². The summed E-state index contributed by atoms with van der Waals surface area (Å²) < 4.78 is 36.6. The first-order valence-electron chi connectivity index (χ1n) is 3.37. The fourth-order valence-corrected chi connectivity index (χ4v) is 0.835. The van der Waals surface area contributed by atoms with E-state index in [-0.39, 0.29) is 5.56 Å². The minimum atomic E-state index is -3.07. The van der Waals surface area contributed by atoms with Gasteiger partial charge in [-0.15, -0.1) is 0 Å². The van der Waals surface area contributed by atoms with Gasteiger partial charge in [0, 0.05) is 5.56 Å². The summed E-state index contributed by atoms with van der Waals surface area (Å²) in [4.78, 5) is 12.5. The number of alkyl halides is 2. The molecule has 2 N–H and O–H groups in total. The van der Waals surface area contributed by atoms with Gasteiger partial charge in [-0.05, 0) is 6.07 Å². The normalized spacial score (nSPS) is 10.8. The molecule has 13 heavy (non-hydrogen) atoms. The Morgan fingerprint density at radius 1 is 1.54 bits per heavy atom. The molecule has 0 radical (unpaired) electrons. The molecule has 0 aliphatic heterocycles. The fraction of sp³-hybridized carbons (Fsp3) is 0.286. The smallest absolute Gasteiger partial charge is 0.281 e. The summed E-state index contributed by atoms with van der Waals surface area (Å²) in [6.45, 7) is -0.685. The van der Waals surface area contributed by atoms with Gasteiger partial charge in [0.2, 0.25) is 0 Å². The third kappa shape index (κ3) is 1.89. The van der Waals surface area contributed by atoms with Gasteiger partial charge >= 0.3 is 0 Å². The standard InChI is InChI=1S/C7H6F3NO2/c8-4-1-3(2-12)7(13)11-5(4)6(9)10/h1,6,12H,2H2,(H,11,13). The number of hydrogen-bond acceptors (Lipinski definition) is 2. The number of H-pyrrole nitrogens is 1. The fourth-order valence-electron chi connectivity index (χ4n) is 0.835. The summed E-state index contributed by atoms with van der Waals surface area (Å²) in [5.41, 5.74) is -2.23. The predicted molar refractivity (Wildman–Crippen MR) is 37.9 cm³/mol. The van der Waals surface area contributed by atoms with E-state index in [0.717, 1.165) is 0 Å². The Kier molecular flexibility index (Phi) is 2.72. The summed E-state index contributed by atoms with van der Waals surface area (Å²) in [5.74, 6) is -1.22. The molecule has 0 spiro atoms. The topological polar surface area (TPSA) is 53.1 Å². The summed E-state index contributed by atoms with van der Waals surface area (Å²) in [6, 6.07) is 0.598. The molecule has 1 heterocycles. The number of pyridine rings is 1. The van der Waals surface area contributed by atoms with Crippen LogP contribution in [0.15, 0.2) is 10.9 Å². The van der Waals surface area contributed by atoms with E-state index in [9.17, 15) is 18.0 Å². The lowest BCUT2D eigenvalue weighted by Gasteiger charge is -2.02. The van der Waals surface area contributed by atoms with Crippen molar-refractivity contribution >= 4 is 0 Å². The average Bonchev–Trinajstić information content (AvgIpc) is 2.07. The first-order chi connectivity index (χ1) is 6.06. The third-order valence-corrected chi connectivity index (χ3v) is 1.49. The second kappa shape index (κ2) is 3.61. The van der Waals surface area contributed by atoms with Crippen LogP contribution < -0.4 is 5.56 Å². The van der Waals surface area contributed by atoms with Crippen LogP contribution in [0.1, 0.15) is 17.7 Å². The van der Waals surface area contributed by atoms with Gasteiger partial charge in [0.05, 0.1) is 6.61 Å². The van der Waals surface area contributed by atoms with Crippen LogP contribution in [-0.2, 0) is 6.61 Å². The van der Waals surface area contributed by atoms with Gasteiger partial charge in [-0.25, -0.2) is 13.2 Å². The second-order valence-corrected chi connectivity index (χ2v) is 2.34. The van der Waals surface area contributed by atoms with Gasteiger partial charge in [-0.2, -0.15) is 0 Å². The monoisotopic (exact) mass is 193 g/mol. The van der Waals surface area contributed by atoms with E-state index in [2.05, 4.69) is 0 Å². The molecule has 0 amide bonds. The number of aromatic amines is 1. The number of aromatic nitrogens is 1. The lowest BCUT2D eigenvalue weighted by molar-refractivity contribution is 0.140. The highest BCUT2D eigenvalue weighted by Gasteiger charge is 2.15. The highest BCUT2D eigenvalue weighted by atomic mass is 19.3. The molecule has 1 aromatic rings. The molecule has 0 aliphatic rings. The van der Waals surface area contributed by atoms with E-state index in [1.54, 1.807) is 4.98 Å². The van der Waals surface area contributed by atoms with Crippen LogP contribution in [0.4, 0.5) is 13.2 Å². The molecule has 0 bridgehead atoms. The first kappa shape index (κ1) is 9.79. The summed E-state index contributed by atoms with van der Waals surface area (Å²) in [7, 11) is 0. The molecule has 3 nitrogen and oxygen atoms in total. The Labute approximate surface area is 70.8 Å². The van der Waals surface area contributed by atoms with Crippen molar-refractivity contribution in [3.63, 3.8) is 0 Å². The number of halogens is 3. The molecule has 1 rings (SSSR count). The lowest BCUT2D eigenvalue weighted by Crippen LogP contribution is -2.16. The van der Waals surface area contributed by atoms with Gasteiger partial charge < -0.3 is 10.1 Å². The van der Waals surface area contributed by atoms with Crippen LogP contribution in [0.25, 0.3) is 0 Å². The quantitative estimate of drug-likeness (QED) is 0.734. The van der Waals surface area contributed by atoms with Crippen LogP contribution >= 0.6 is 0 Å². The molecule has 0 aliphatic carbocycles. The number of aliphatic hydroxyl groups excluding tert-OH is 1. The Morgan fingerprint density at radius 3 is 2.62 bits per heavy atom. The SMILES string of the molecule is O=c1[nH]c(C(F)F)c(F)cc1CO. The molecule has 0 unspecified atom stereocenters. The van der Waals surface area contributed by atoms with Crippen molar-refractivity contribution in [2.45, 2.75) is 13.0 Å². The van der Waals surface area contributed by atoms with Gasteiger partial charge in [-0.3, -0.25) is 4.79 Å². The van der Waals surface area contributed by atoms with Crippen molar-refractivity contribution < 1.29 is 18.3 Å². The molecular formula is C7H6F3NO2. The van der Waals surface area contributed by atoms with Crippen molar-refractivity contribution in [1.82, 2.24) is 4.98 Å². The van der Waals surface area contributed by atoms with Crippen LogP contribution in [0, 0.1) is 5.82 Å². The van der Waals surface area contributed by atoms with E-state index in [1.165, 1.54) is 0 Å². The van der Waals surface area contributed by atoms with Crippen molar-refractivity contribution in [1.29, 1.82) is 0 Å². The second-order valence-electron chi connectivity index (χ2n) is 2.34. The highest BCUT2D eigenvalue weighted by Crippen LogP contribution is 2.18. The maximum absolute atomic E-state index is 12.7. The van der Waals surface area contributed by atoms with Gasteiger partial charge in [0.25, 0.3) is 12.0 Å². The minimum absolute atomic E-state index is 0.276. The van der Waals surface area contributed by atoms with E-state index < -0.39 is 30.1 Å². The number of rotatable bonds is 2. The Hall–Kier alpha value is -1.30. The van der Waals surface area contributed by atoms with E-state index >= 15 is 0 Å². The zero-order valence-electron chi connectivity index (χ0n) is 6.35. The molecule has 72 valence electrons. The molecule has 0 atom stereocenters. The molecule has 0 saturated heterocycles. The number of nitrogens with one attached hydrogen (secondary N) is 1. The van der Waals surface area contributed by atoms with Crippen molar-refractivity contribution in [3.05, 3.63) is 33.5 Å². The minimum Gasteiger partial charge on any atom is -0.391 e. The van der Waals surface area contributed by atoms with Crippen molar-refractivity contribution in [3.8, 4) is 0 Å². The van der Waals surface area contributed by atoms with E-state index in [1.807, 2.05) is 0 Å². The van der Waals surface area contributed by atoms with Crippen molar-refractivity contribution in [2.24, 2.45) is 0 Å². The summed E-state index contributed by atoms with van der Waals surface area (Å²) >= 11 is 0. The van der Waals surface area contributed by atoms with E-state index in [4.69, 9.17) is 5.11 Å². The van der Waals surface area contributed by atoms with Crippen molar-refractivity contribution in [2.75, 3.05) is 0 Å². The first-order valence-corrected chi connectivity index (χ1v) is 3.37. The number of hydrogen-bond donors (Lipinski definition) is 2. The zero-order chi connectivity index (χ0) is 10.0. The average molecular weight is 193 g/mol. The third-order valence-electron chi connectivity index (χ3n) is 1.49. The predicted octanol–water partition coefficient (Wildman–Crippen LogP) is 0.944. The molecular weight excluding hydrogens is 187 g/mol. The molecule has 0 saturated carbocycles. The summed E-state index contributed by atoms with van der Waals surface area (Å²) in [5, 5.41) is 8.50. The van der Waals surface area contributed by atoms with Crippen LogP contribution in [-0.4, -0.2) is 10.1 Å². The summed E-state index contributed by atoms with van der Waals surface area (Å²) in [6.07, 6.45) is -3.07. The molecule has 0 fully saturated rings. The zero-order valence-corrected chi connectivity index (χ0v) is 6.35. The van der Waals surface area contributed by atoms with Gasteiger partial charge in [-0.1, -0.05) is 0 Å². The largest absolute Gasteiger partial charge is 0.391 e. The molecule has 1 aromatic heterocycles.